The summed E-state index contributed by atoms with van der Waals surface area (Å²) in [6.07, 6.45) is -4.93. The Morgan fingerprint density at radius 2 is 1.68 bits per heavy atom. The number of piperidine rings is 1. The number of ether oxygens (including phenoxy) is 1. The smallest absolute Gasteiger partial charge is 0.383 e. The summed E-state index contributed by atoms with van der Waals surface area (Å²) >= 11 is 0.759. The van der Waals surface area contributed by atoms with Crippen LogP contribution in [0.15, 0.2) is 107 Å². The van der Waals surface area contributed by atoms with Crippen LogP contribution in [0.5, 0.6) is 0 Å². The number of fused-ring (bicyclic) bond motifs is 1. The second-order valence-electron chi connectivity index (χ2n) is 12.3. The van der Waals surface area contributed by atoms with Crippen LogP contribution in [0.25, 0.3) is 22.0 Å². The van der Waals surface area contributed by atoms with Crippen molar-refractivity contribution in [3.8, 4) is 11.1 Å². The molecule has 278 valence electrons. The van der Waals surface area contributed by atoms with E-state index < -0.39 is 73.4 Å². The van der Waals surface area contributed by atoms with Crippen molar-refractivity contribution in [3.05, 3.63) is 136 Å². The molecule has 0 radical (unpaired) electrons. The summed E-state index contributed by atoms with van der Waals surface area (Å²) in [5.41, 5.74) is -0.588. The number of nitrogens with zero attached hydrogens (tertiary/aromatic N) is 3. The molecule has 1 aliphatic heterocycles. The molecule has 12 heteroatoms. The van der Waals surface area contributed by atoms with Gasteiger partial charge in [-0.05, 0) is 66.8 Å². The number of benzene rings is 4. The van der Waals surface area contributed by atoms with Crippen LogP contribution in [0.1, 0.15) is 56.2 Å². The molecule has 1 unspecified atom stereocenters. The van der Waals surface area contributed by atoms with Crippen molar-refractivity contribution in [3.63, 3.8) is 0 Å². The van der Waals surface area contributed by atoms with Gasteiger partial charge in [-0.15, -0.1) is 11.8 Å². The average Bonchev–Trinajstić information content (AvgIpc) is 3.20. The maximum absolute atomic E-state index is 15.2. The number of para-hydroxylation sites is 1. The number of hydrogen-bond donors (Lipinski definition) is 0. The topological polar surface area (TPSA) is 54.8 Å². The number of pyridine rings is 1. The van der Waals surface area contributed by atoms with Gasteiger partial charge in [-0.3, -0.25) is 9.59 Å². The van der Waals surface area contributed by atoms with Crippen LogP contribution in [-0.4, -0.2) is 59.5 Å². The van der Waals surface area contributed by atoms with Gasteiger partial charge >= 0.3 is 6.18 Å². The Kier molecular flexibility index (Phi) is 8.52. The van der Waals surface area contributed by atoms with Gasteiger partial charge in [0, 0.05) is 58.2 Å². The lowest BCUT2D eigenvalue weighted by molar-refractivity contribution is -0.138. The number of aromatic nitrogens is 1. The van der Waals surface area contributed by atoms with E-state index in [1.54, 1.807) is 0 Å². The highest BCUT2D eigenvalue weighted by Crippen LogP contribution is 2.34. The van der Waals surface area contributed by atoms with Gasteiger partial charge in [-0.25, -0.2) is 8.78 Å². The van der Waals surface area contributed by atoms with E-state index in [1.165, 1.54) is 79.7 Å². The van der Waals surface area contributed by atoms with Crippen LogP contribution in [0, 0.1) is 11.6 Å². The summed E-state index contributed by atoms with van der Waals surface area (Å²) in [6, 6.07) is 17.5. The molecular formula is C41H40F5N3O3S. The first-order valence-electron chi connectivity index (χ1n) is 21.4. The van der Waals surface area contributed by atoms with Crippen molar-refractivity contribution in [1.29, 1.82) is 0 Å². The highest BCUT2D eigenvalue weighted by atomic mass is 32.2. The molecule has 1 amide bonds. The highest BCUT2D eigenvalue weighted by Gasteiger charge is 2.33. The lowest BCUT2D eigenvalue weighted by atomic mass is 9.96. The molecule has 1 saturated heterocycles. The first kappa shape index (κ1) is 27.1. The van der Waals surface area contributed by atoms with Crippen molar-refractivity contribution in [2.24, 2.45) is 0 Å². The zero-order chi connectivity index (χ0) is 46.5. The van der Waals surface area contributed by atoms with Crippen LogP contribution in [0.2, 0.25) is 0 Å². The molecule has 0 spiro atoms. The minimum Gasteiger partial charge on any atom is -0.383 e. The fourth-order valence-electron chi connectivity index (χ4n) is 6.24. The van der Waals surface area contributed by atoms with E-state index in [4.69, 9.17) is 9.60 Å². The Hall–Kier alpha value is -4.52. The summed E-state index contributed by atoms with van der Waals surface area (Å²) in [7, 11) is -3.30. The fourth-order valence-corrected chi connectivity index (χ4v) is 7.23. The second-order valence-corrected chi connectivity index (χ2v) is 13.3. The normalized spacial score (nSPS) is 19.2. The van der Waals surface area contributed by atoms with Gasteiger partial charge in [0.05, 0.1) is 39.6 Å². The van der Waals surface area contributed by atoms with E-state index in [0.717, 1.165) is 50.4 Å². The zero-order valence-corrected chi connectivity index (χ0v) is 29.0. The lowest BCUT2D eigenvalue weighted by Crippen LogP contribution is -2.49. The van der Waals surface area contributed by atoms with Crippen molar-refractivity contribution < 1.29 is 45.2 Å². The summed E-state index contributed by atoms with van der Waals surface area (Å²) in [4.78, 5) is 30.6. The molecule has 5 aromatic rings. The second kappa shape index (κ2) is 16.7. The summed E-state index contributed by atoms with van der Waals surface area (Å²) in [5, 5.41) is -0.133. The van der Waals surface area contributed by atoms with Crippen molar-refractivity contribution >= 4 is 28.6 Å². The number of carbonyl (C=O) groups is 1. The highest BCUT2D eigenvalue weighted by molar-refractivity contribution is 7.98. The molecule has 4 aromatic carbocycles. The molecule has 6 nitrogen and oxygen atoms in total. The number of methoxy groups -OCH3 is 1. The number of likely N-dealkylation sites (tertiary alicyclic amines) is 1. The summed E-state index contributed by atoms with van der Waals surface area (Å²) in [5.74, 6) is -3.89. The van der Waals surface area contributed by atoms with E-state index in [1.807, 2.05) is 0 Å². The van der Waals surface area contributed by atoms with Gasteiger partial charge in [0.2, 0.25) is 5.91 Å². The Balaban J connectivity index is 1.42. The molecule has 1 fully saturated rings. The monoisotopic (exact) mass is 759 g/mol. The average molecular weight is 760 g/mol. The van der Waals surface area contributed by atoms with E-state index >= 15 is 4.79 Å². The van der Waals surface area contributed by atoms with E-state index in [9.17, 15) is 30.9 Å². The first-order chi connectivity index (χ1) is 29.2. The molecule has 0 N–H and O–H groups in total. The first-order valence-corrected chi connectivity index (χ1v) is 17.4. The molecule has 0 aliphatic carbocycles. The summed E-state index contributed by atoms with van der Waals surface area (Å²) < 4.78 is 159. The van der Waals surface area contributed by atoms with Gasteiger partial charge in [-0.1, -0.05) is 60.7 Å². The maximum Gasteiger partial charge on any atom is 0.416 e. The van der Waals surface area contributed by atoms with Crippen molar-refractivity contribution in [2.45, 2.75) is 55.3 Å². The van der Waals surface area contributed by atoms with Crippen LogP contribution < -0.4 is 5.43 Å². The van der Waals surface area contributed by atoms with E-state index in [-0.39, 0.29) is 58.7 Å². The number of carbonyl (C=O) groups excluding carboxylic acids is 1. The van der Waals surface area contributed by atoms with Gasteiger partial charge in [-0.2, -0.15) is 13.2 Å². The van der Waals surface area contributed by atoms with Crippen LogP contribution >= 0.6 is 11.8 Å². The number of amides is 1. The third-order valence-corrected chi connectivity index (χ3v) is 10.1. The predicted octanol–water partition coefficient (Wildman–Crippen LogP) is 8.96. The Labute approximate surface area is 323 Å². The number of hydrogen-bond acceptors (Lipinski definition) is 5. The number of thioether (sulfide) groups is 1. The predicted molar refractivity (Wildman–Crippen MR) is 198 cm³/mol. The van der Waals surface area contributed by atoms with Gasteiger partial charge < -0.3 is 19.1 Å². The van der Waals surface area contributed by atoms with Crippen LogP contribution in [-0.2, 0) is 28.0 Å². The number of halogens is 5. The van der Waals surface area contributed by atoms with Gasteiger partial charge in [0.15, 0.2) is 17.1 Å². The van der Waals surface area contributed by atoms with E-state index in [2.05, 4.69) is 4.74 Å². The molecule has 6 rings (SSSR count). The van der Waals surface area contributed by atoms with Crippen LogP contribution in [0.4, 0.5) is 22.0 Å². The van der Waals surface area contributed by atoms with Crippen molar-refractivity contribution in [2.75, 3.05) is 33.2 Å². The molecule has 0 bridgehead atoms. The number of rotatable bonds is 12. The molecule has 0 saturated carbocycles. The van der Waals surface area contributed by atoms with Gasteiger partial charge in [0.25, 0.3) is 0 Å². The Bertz CT molecular complexity index is 2530. The standard InChI is InChI=1S/C41H40F5N3O3S/c1-27(28-10-12-29(13-11-28)30-14-16-32(17-15-30)41(44,45)46)49(33-18-20-47(21-19-33)22-23-52-2)38(51)25-48-36-9-4-3-7-34(36)37(50)24-39(48)53-26-31-6-5-8-35(42)40(31)43/h3-17,24,27,33H,18-23,25-26H2,1-2H3/i2D3,22D2,23D2,25D2,27D. The van der Waals surface area contributed by atoms with Gasteiger partial charge in [0.1, 0.15) is 6.50 Å². The largest absolute Gasteiger partial charge is 0.416 e. The fraction of sp³-hybridized carbons (Fsp3) is 0.317. The quantitative estimate of drug-likeness (QED) is 0.0940. The van der Waals surface area contributed by atoms with Crippen LogP contribution in [0.3, 0.4) is 0 Å². The zero-order valence-electron chi connectivity index (χ0n) is 38.2. The van der Waals surface area contributed by atoms with E-state index in [0.29, 0.717) is 11.1 Å². The molecule has 1 aliphatic rings. The molecule has 1 aromatic heterocycles. The summed E-state index contributed by atoms with van der Waals surface area (Å²) in [6.45, 7) is -8.83. The minimum absolute atomic E-state index is 0.0126. The lowest BCUT2D eigenvalue weighted by Gasteiger charge is -2.42. The Morgan fingerprint density at radius 3 is 2.36 bits per heavy atom. The molecule has 53 heavy (non-hydrogen) atoms. The molecule has 2 heterocycles. The number of alkyl halides is 3. The third kappa shape index (κ3) is 8.83. The SMILES string of the molecule is [2H]C([2H])([2H])OC([2H])([2H])C([2H])([2H])N1CCC(N(C(=O)C([2H])([2H])n2c(SCc3cccc(F)c3F)cc(=O)c3ccccc32)C([2H])(C)c2ccc(-c3ccc(C(F)(F)F)cc3)cc2)CC1. The third-order valence-electron chi connectivity index (χ3n) is 9.01. The van der Waals surface area contributed by atoms with Crippen molar-refractivity contribution in [1.82, 2.24) is 14.4 Å². The molecule has 1 atom stereocenters. The maximum atomic E-state index is 15.2. The Morgan fingerprint density at radius 1 is 1.00 bits per heavy atom. The molecular weight excluding hydrogens is 710 g/mol. The minimum atomic E-state index is -4.56.